The average Bonchev–Trinajstić information content (AvgIpc) is 2.45. The molecule has 0 aromatic heterocycles. The van der Waals surface area contributed by atoms with Crippen molar-refractivity contribution in [2.45, 2.75) is 16.7 Å². The third kappa shape index (κ3) is 2.88. The molecule has 2 aromatic rings. The van der Waals surface area contributed by atoms with Crippen molar-refractivity contribution in [3.05, 3.63) is 36.4 Å². The molecule has 0 saturated heterocycles. The van der Waals surface area contributed by atoms with Gasteiger partial charge in [-0.2, -0.15) is 0 Å². The number of nitrogens with two attached hydrogens (primary N) is 2. The summed E-state index contributed by atoms with van der Waals surface area (Å²) in [6, 6.07) is 10.9. The highest BCUT2D eigenvalue weighted by molar-refractivity contribution is 7.92. The molecule has 4 N–H and O–H groups in total. The lowest BCUT2D eigenvalue weighted by atomic mass is 10.1. The molecule has 1 atom stereocenters. The molecule has 2 rings (SSSR count). The number of fused-ring (bicyclic) bond motifs is 1. The lowest BCUT2D eigenvalue weighted by Gasteiger charge is -2.18. The minimum absolute atomic E-state index is 0.242. The highest BCUT2D eigenvalue weighted by Crippen LogP contribution is 2.31. The van der Waals surface area contributed by atoms with Gasteiger partial charge in [-0.1, -0.05) is 24.3 Å². The fourth-order valence-electron chi connectivity index (χ4n) is 2.39. The van der Waals surface area contributed by atoms with E-state index >= 15 is 0 Å². The Kier molecular flexibility index (Phi) is 4.51. The van der Waals surface area contributed by atoms with E-state index in [-0.39, 0.29) is 17.9 Å². The summed E-state index contributed by atoms with van der Waals surface area (Å²) in [5.41, 5.74) is 12.2. The summed E-state index contributed by atoms with van der Waals surface area (Å²) in [7, 11) is 0.262. The van der Waals surface area contributed by atoms with Gasteiger partial charge in [-0.05, 0) is 25.1 Å². The molecule has 1 unspecified atom stereocenters. The molecule has 114 valence electrons. The smallest absolute Gasteiger partial charge is 0.194 e. The maximum Gasteiger partial charge on any atom is 0.194 e. The summed E-state index contributed by atoms with van der Waals surface area (Å²) in [6.07, 6.45) is 0.242. The van der Waals surface area contributed by atoms with E-state index in [2.05, 4.69) is 0 Å². The van der Waals surface area contributed by atoms with Crippen molar-refractivity contribution in [1.29, 1.82) is 0 Å². The Morgan fingerprint density at radius 3 is 2.33 bits per heavy atom. The van der Waals surface area contributed by atoms with E-state index in [9.17, 15) is 8.42 Å². The lowest BCUT2D eigenvalue weighted by molar-refractivity contribution is 0.575. The molecule has 6 heteroatoms. The van der Waals surface area contributed by atoms with Crippen molar-refractivity contribution >= 4 is 26.3 Å². The molecule has 0 fully saturated rings. The third-order valence-corrected chi connectivity index (χ3v) is 5.50. The van der Waals surface area contributed by atoms with Gasteiger partial charge in [0.05, 0.1) is 4.90 Å². The summed E-state index contributed by atoms with van der Waals surface area (Å²) < 4.78 is 25.2. The molecule has 5 nitrogen and oxygen atoms in total. The quantitative estimate of drug-likeness (QED) is 0.869. The van der Waals surface area contributed by atoms with Gasteiger partial charge in [0.2, 0.25) is 0 Å². The lowest BCUT2D eigenvalue weighted by Crippen LogP contribution is -2.33. The molecule has 0 aliphatic rings. The van der Waals surface area contributed by atoms with Crippen LogP contribution in [0.25, 0.3) is 10.8 Å². The van der Waals surface area contributed by atoms with Crippen LogP contribution in [0, 0.1) is 0 Å². The zero-order chi connectivity index (χ0) is 15.6. The molecule has 0 aliphatic heterocycles. The van der Waals surface area contributed by atoms with E-state index in [4.69, 9.17) is 11.5 Å². The second-order valence-corrected chi connectivity index (χ2v) is 7.32. The van der Waals surface area contributed by atoms with Gasteiger partial charge in [0, 0.05) is 30.6 Å². The zero-order valence-electron chi connectivity index (χ0n) is 12.3. The monoisotopic (exact) mass is 307 g/mol. The topological polar surface area (TPSA) is 89.4 Å². The molecule has 0 radical (unpaired) electrons. The summed E-state index contributed by atoms with van der Waals surface area (Å²) in [4.78, 5) is 2.23. The number of benzene rings is 2. The van der Waals surface area contributed by atoms with Gasteiger partial charge >= 0.3 is 0 Å². The summed E-state index contributed by atoms with van der Waals surface area (Å²) >= 11 is 0. The van der Waals surface area contributed by atoms with Crippen LogP contribution in [-0.4, -0.2) is 34.4 Å². The Morgan fingerprint density at radius 1 is 1.10 bits per heavy atom. The second-order valence-electron chi connectivity index (χ2n) is 5.18. The van der Waals surface area contributed by atoms with E-state index in [1.807, 2.05) is 43.3 Å². The molecular weight excluding hydrogens is 286 g/mol. The first-order valence-corrected chi connectivity index (χ1v) is 8.33. The molecule has 0 spiro atoms. The Balaban J connectivity index is 2.69. The van der Waals surface area contributed by atoms with Crippen molar-refractivity contribution in [2.75, 3.05) is 25.5 Å². The van der Waals surface area contributed by atoms with Crippen LogP contribution >= 0.6 is 0 Å². The van der Waals surface area contributed by atoms with Crippen LogP contribution < -0.4 is 16.4 Å². The molecule has 2 aromatic carbocycles. The van der Waals surface area contributed by atoms with Gasteiger partial charge in [-0.3, -0.25) is 0 Å². The number of rotatable bonds is 5. The summed E-state index contributed by atoms with van der Waals surface area (Å²) in [5.74, 6) is 0. The molecule has 0 saturated carbocycles. The number of hydrogen-bond donors (Lipinski definition) is 2. The van der Waals surface area contributed by atoms with Gasteiger partial charge in [0.15, 0.2) is 9.84 Å². The van der Waals surface area contributed by atoms with Crippen molar-refractivity contribution in [2.24, 2.45) is 11.5 Å². The number of sulfone groups is 1. The van der Waals surface area contributed by atoms with Crippen LogP contribution in [0.15, 0.2) is 41.3 Å². The first-order chi connectivity index (χ1) is 9.89. The molecular formula is C15H21N3O2S. The molecule has 0 bridgehead atoms. The Morgan fingerprint density at radius 2 is 1.71 bits per heavy atom. The number of nitrogens with zero attached hydrogens (tertiary/aromatic N) is 1. The van der Waals surface area contributed by atoms with Crippen LogP contribution in [0.5, 0.6) is 0 Å². The maximum atomic E-state index is 12.6. The fourth-order valence-corrected chi connectivity index (χ4v) is 3.91. The van der Waals surface area contributed by atoms with Crippen LogP contribution in [0.1, 0.15) is 6.42 Å². The fraction of sp³-hybridized carbons (Fsp3) is 0.333. The Bertz CT molecular complexity index is 742. The third-order valence-electron chi connectivity index (χ3n) is 3.50. The highest BCUT2D eigenvalue weighted by atomic mass is 32.2. The molecule has 0 heterocycles. The molecule has 21 heavy (non-hydrogen) atoms. The van der Waals surface area contributed by atoms with Gasteiger partial charge < -0.3 is 16.4 Å². The van der Waals surface area contributed by atoms with Crippen LogP contribution in [0.2, 0.25) is 0 Å². The summed E-state index contributed by atoms with van der Waals surface area (Å²) in [5, 5.41) is 0.607. The van der Waals surface area contributed by atoms with Crippen molar-refractivity contribution < 1.29 is 8.42 Å². The van der Waals surface area contributed by atoms with E-state index in [1.165, 1.54) is 0 Å². The van der Waals surface area contributed by atoms with E-state index < -0.39 is 15.2 Å². The standard InChI is InChI=1S/C15H21N3O2S/c1-18(2)13-7-3-6-12-11(13)5-4-8-14(12)21(19,20)15(17)9-10-16/h3-8,15H,9-10,16-17H2,1-2H3. The van der Waals surface area contributed by atoms with Crippen LogP contribution in [-0.2, 0) is 9.84 Å². The second kappa shape index (κ2) is 6.01. The Hall–Kier alpha value is -1.63. The number of hydrogen-bond acceptors (Lipinski definition) is 5. The Labute approximate surface area is 125 Å². The minimum Gasteiger partial charge on any atom is -0.377 e. The number of anilines is 1. The predicted molar refractivity (Wildman–Crippen MR) is 87.1 cm³/mol. The van der Waals surface area contributed by atoms with Gasteiger partial charge in [0.1, 0.15) is 5.37 Å². The van der Waals surface area contributed by atoms with Gasteiger partial charge in [-0.25, -0.2) is 8.42 Å². The van der Waals surface area contributed by atoms with Gasteiger partial charge in [-0.15, -0.1) is 0 Å². The largest absolute Gasteiger partial charge is 0.377 e. The average molecular weight is 307 g/mol. The SMILES string of the molecule is CN(C)c1cccc2c(S(=O)(=O)C(N)CCN)cccc12. The normalized spacial score (nSPS) is 13.3. The van der Waals surface area contributed by atoms with Crippen LogP contribution in [0.3, 0.4) is 0 Å². The first kappa shape index (κ1) is 15.8. The van der Waals surface area contributed by atoms with Crippen molar-refractivity contribution in [3.63, 3.8) is 0 Å². The molecule has 0 amide bonds. The summed E-state index contributed by atoms with van der Waals surface area (Å²) in [6.45, 7) is 0.244. The van der Waals surface area contributed by atoms with E-state index in [1.54, 1.807) is 12.1 Å². The van der Waals surface area contributed by atoms with E-state index in [0.717, 1.165) is 11.1 Å². The highest BCUT2D eigenvalue weighted by Gasteiger charge is 2.25. The first-order valence-electron chi connectivity index (χ1n) is 6.78. The van der Waals surface area contributed by atoms with Crippen LogP contribution in [0.4, 0.5) is 5.69 Å². The molecule has 0 aliphatic carbocycles. The minimum atomic E-state index is -3.59. The van der Waals surface area contributed by atoms with Gasteiger partial charge in [0.25, 0.3) is 0 Å². The maximum absolute atomic E-state index is 12.6. The predicted octanol–water partition coefficient (Wildman–Crippen LogP) is 1.31. The van der Waals surface area contributed by atoms with E-state index in [0.29, 0.717) is 5.39 Å². The van der Waals surface area contributed by atoms with Crippen molar-refractivity contribution in [3.8, 4) is 0 Å². The zero-order valence-corrected chi connectivity index (χ0v) is 13.1. The van der Waals surface area contributed by atoms with Crippen molar-refractivity contribution in [1.82, 2.24) is 0 Å².